The van der Waals surface area contributed by atoms with Crippen LogP contribution in [0.2, 0.25) is 0 Å². The monoisotopic (exact) mass is 646 g/mol. The van der Waals surface area contributed by atoms with E-state index >= 15 is 0 Å². The van der Waals surface area contributed by atoms with E-state index in [4.69, 9.17) is 15.2 Å². The number of amides is 1. The van der Waals surface area contributed by atoms with Gasteiger partial charge in [-0.15, -0.1) is 0 Å². The second-order valence-corrected chi connectivity index (χ2v) is 10.6. The Morgan fingerprint density at radius 2 is 1.65 bits per heavy atom. The number of carboxylic acid groups (broad SMARTS) is 1. The molecule has 1 aromatic heterocycles. The van der Waals surface area contributed by atoms with Crippen LogP contribution in [0.15, 0.2) is 48.5 Å². The molecule has 0 spiro atoms. The normalized spacial score (nSPS) is 16.1. The van der Waals surface area contributed by atoms with Gasteiger partial charge in [0.1, 0.15) is 5.75 Å². The van der Waals surface area contributed by atoms with E-state index in [0.29, 0.717) is 25.4 Å². The first-order chi connectivity index (χ1) is 22.1. The number of aliphatic carboxylic acids is 1. The highest BCUT2D eigenvalue weighted by molar-refractivity contribution is 5.95. The molecule has 0 saturated carbocycles. The number of aromatic nitrogens is 3. The van der Waals surface area contributed by atoms with E-state index in [9.17, 15) is 27.9 Å². The number of halogens is 3. The first-order valence-electron chi connectivity index (χ1n) is 14.8. The van der Waals surface area contributed by atoms with E-state index < -0.39 is 42.6 Å². The number of carbonyl (C=O) groups excluding carboxylic acids is 1. The molecular weight excluding hydrogens is 609 g/mol. The number of ether oxygens (including phenoxy) is 2. The number of nitrogens with zero attached hydrogens (tertiary/aromatic N) is 3. The number of hydrogen-bond donors (Lipinski definition) is 6. The average molecular weight is 647 g/mol. The molecule has 0 aliphatic carbocycles. The lowest BCUT2D eigenvalue weighted by atomic mass is 10.0. The van der Waals surface area contributed by atoms with Crippen LogP contribution in [0, 0.1) is 5.92 Å². The number of nitrogens with one attached hydrogen (secondary N) is 4. The molecule has 1 aliphatic heterocycles. The van der Waals surface area contributed by atoms with Gasteiger partial charge >= 0.3 is 18.2 Å². The number of nitrogens with two attached hydrogens (primary N) is 1. The van der Waals surface area contributed by atoms with Crippen molar-refractivity contribution in [3.8, 4) is 11.8 Å². The maximum Gasteiger partial charge on any atom is 0.422 e. The largest absolute Gasteiger partial charge is 0.494 e. The first kappa shape index (κ1) is 34.2. The molecule has 13 nitrogen and oxygen atoms in total. The number of benzene rings is 2. The summed E-state index contributed by atoms with van der Waals surface area (Å²) < 4.78 is 49.0. The maximum absolute atomic E-state index is 12.8. The van der Waals surface area contributed by atoms with Crippen molar-refractivity contribution in [2.75, 3.05) is 43.5 Å². The van der Waals surface area contributed by atoms with E-state index in [1.807, 2.05) is 24.3 Å². The van der Waals surface area contributed by atoms with Crippen molar-refractivity contribution in [1.29, 1.82) is 0 Å². The fraction of sp³-hybridized carbons (Fsp3) is 0.433. The Morgan fingerprint density at radius 3 is 2.35 bits per heavy atom. The van der Waals surface area contributed by atoms with Gasteiger partial charge < -0.3 is 41.6 Å². The van der Waals surface area contributed by atoms with Crippen LogP contribution >= 0.6 is 0 Å². The van der Waals surface area contributed by atoms with Crippen molar-refractivity contribution in [2.24, 2.45) is 11.7 Å². The molecule has 248 valence electrons. The second-order valence-electron chi connectivity index (χ2n) is 10.6. The van der Waals surface area contributed by atoms with Crippen molar-refractivity contribution in [1.82, 2.24) is 25.6 Å². The molecular formula is C30H37F3N8O5. The molecule has 1 aliphatic rings. The highest BCUT2D eigenvalue weighted by Gasteiger charge is 2.34. The summed E-state index contributed by atoms with van der Waals surface area (Å²) in [6.45, 7) is 0.558. The maximum atomic E-state index is 12.8. The van der Waals surface area contributed by atoms with Gasteiger partial charge in [-0.3, -0.25) is 9.59 Å². The lowest BCUT2D eigenvalue weighted by molar-refractivity contribution is -0.154. The van der Waals surface area contributed by atoms with Gasteiger partial charge in [0.05, 0.1) is 18.6 Å². The third-order valence-electron chi connectivity index (χ3n) is 6.97. The van der Waals surface area contributed by atoms with Gasteiger partial charge in [-0.25, -0.2) is 0 Å². The van der Waals surface area contributed by atoms with Crippen LogP contribution in [0.3, 0.4) is 0 Å². The van der Waals surface area contributed by atoms with E-state index in [1.54, 1.807) is 12.1 Å². The smallest absolute Gasteiger partial charge is 0.422 e. The molecule has 7 N–H and O–H groups in total. The zero-order valence-electron chi connectivity index (χ0n) is 25.0. The molecule has 3 aromatic rings. The van der Waals surface area contributed by atoms with Gasteiger partial charge in [-0.05, 0) is 61.3 Å². The van der Waals surface area contributed by atoms with Crippen LogP contribution in [0.1, 0.15) is 41.6 Å². The van der Waals surface area contributed by atoms with E-state index in [0.717, 1.165) is 37.0 Å². The Morgan fingerprint density at radius 1 is 0.935 bits per heavy atom. The summed E-state index contributed by atoms with van der Waals surface area (Å²) in [6.07, 6.45) is -0.541. The van der Waals surface area contributed by atoms with Crippen LogP contribution in [-0.2, 0) is 11.3 Å². The number of carbonyl (C=O) groups is 2. The number of rotatable bonds is 17. The van der Waals surface area contributed by atoms with Crippen molar-refractivity contribution in [3.05, 3.63) is 59.7 Å². The molecule has 2 atom stereocenters. The molecule has 2 aromatic carbocycles. The predicted molar refractivity (Wildman–Crippen MR) is 163 cm³/mol. The van der Waals surface area contributed by atoms with Gasteiger partial charge in [0.15, 0.2) is 6.61 Å². The van der Waals surface area contributed by atoms with Crippen LogP contribution in [-0.4, -0.2) is 77.0 Å². The van der Waals surface area contributed by atoms with E-state index in [1.165, 1.54) is 12.1 Å². The van der Waals surface area contributed by atoms with E-state index in [-0.39, 0.29) is 30.5 Å². The summed E-state index contributed by atoms with van der Waals surface area (Å²) in [7, 11) is 0. The summed E-state index contributed by atoms with van der Waals surface area (Å²) in [6, 6.07) is 12.4. The number of carboxylic acids is 1. The average Bonchev–Trinajstić information content (AvgIpc) is 3.50. The Labute approximate surface area is 263 Å². The minimum Gasteiger partial charge on any atom is -0.494 e. The Balaban J connectivity index is 1.37. The molecule has 1 saturated heterocycles. The van der Waals surface area contributed by atoms with Gasteiger partial charge in [-0.2, -0.15) is 28.1 Å². The molecule has 46 heavy (non-hydrogen) atoms. The SMILES string of the molecule is NCCCCCCOc1ccc(CNc2nc(Nc3ccc(C(=O)NC4CNCC4C(=O)O)cc3)nc(OCC(F)(F)F)n2)cc1. The van der Waals surface area contributed by atoms with Gasteiger partial charge in [-0.1, -0.05) is 25.0 Å². The van der Waals surface area contributed by atoms with Crippen LogP contribution in [0.5, 0.6) is 11.8 Å². The molecule has 4 rings (SSSR count). The Bertz CT molecular complexity index is 1430. The zero-order chi connectivity index (χ0) is 32.9. The summed E-state index contributed by atoms with van der Waals surface area (Å²) >= 11 is 0. The van der Waals surface area contributed by atoms with Crippen molar-refractivity contribution in [2.45, 2.75) is 44.4 Å². The molecule has 0 bridgehead atoms. The van der Waals surface area contributed by atoms with Crippen molar-refractivity contribution >= 4 is 29.5 Å². The lowest BCUT2D eigenvalue weighted by Gasteiger charge is -2.16. The molecule has 16 heteroatoms. The number of unbranched alkanes of at least 4 members (excludes halogenated alkanes) is 3. The lowest BCUT2D eigenvalue weighted by Crippen LogP contribution is -2.42. The first-order valence-corrected chi connectivity index (χ1v) is 14.8. The number of anilines is 3. The second kappa shape index (κ2) is 16.6. The highest BCUT2D eigenvalue weighted by atomic mass is 19.4. The summed E-state index contributed by atoms with van der Waals surface area (Å²) in [5.74, 6) is -1.57. The summed E-state index contributed by atoms with van der Waals surface area (Å²) in [5.41, 5.74) is 7.06. The molecule has 0 radical (unpaired) electrons. The molecule has 1 fully saturated rings. The third-order valence-corrected chi connectivity index (χ3v) is 6.97. The topological polar surface area (TPSA) is 186 Å². The van der Waals surface area contributed by atoms with Crippen LogP contribution < -0.4 is 36.5 Å². The fourth-order valence-electron chi connectivity index (χ4n) is 4.55. The predicted octanol–water partition coefficient (Wildman–Crippen LogP) is 3.47. The van der Waals surface area contributed by atoms with Crippen molar-refractivity contribution in [3.63, 3.8) is 0 Å². The van der Waals surface area contributed by atoms with Gasteiger partial charge in [0.2, 0.25) is 11.9 Å². The zero-order valence-corrected chi connectivity index (χ0v) is 25.0. The molecule has 1 amide bonds. The van der Waals surface area contributed by atoms with Crippen LogP contribution in [0.25, 0.3) is 0 Å². The van der Waals surface area contributed by atoms with E-state index in [2.05, 4.69) is 36.2 Å². The van der Waals surface area contributed by atoms with Crippen molar-refractivity contribution < 1.29 is 37.3 Å². The minimum atomic E-state index is -4.60. The van der Waals surface area contributed by atoms with Gasteiger partial charge in [0.25, 0.3) is 5.91 Å². The Kier molecular flexibility index (Phi) is 12.3. The fourth-order valence-corrected chi connectivity index (χ4v) is 4.55. The number of hydrogen-bond acceptors (Lipinski definition) is 11. The number of alkyl halides is 3. The minimum absolute atomic E-state index is 0.0263. The van der Waals surface area contributed by atoms with Crippen LogP contribution in [0.4, 0.5) is 30.8 Å². The quantitative estimate of drug-likeness (QED) is 0.118. The summed E-state index contributed by atoms with van der Waals surface area (Å²) in [5, 5.41) is 20.8. The van der Waals surface area contributed by atoms with Gasteiger partial charge in [0, 0.05) is 30.9 Å². The highest BCUT2D eigenvalue weighted by Crippen LogP contribution is 2.21. The Hall–Kier alpha value is -4.70. The summed E-state index contributed by atoms with van der Waals surface area (Å²) in [4.78, 5) is 36.2. The molecule has 2 heterocycles. The standard InChI is InChI=1S/C30H37F3N8O5/c31-30(32,33)18-46-29-40-27(36-15-19-5-11-22(12-6-19)45-14-4-2-1-3-13-34)39-28(41-29)37-21-9-7-20(8-10-21)25(42)38-24-17-35-16-23(24)26(43)44/h5-12,23-24,35H,1-4,13-18,34H2,(H,38,42)(H,43,44)(H2,36,37,39,40,41). The molecule has 2 unspecified atom stereocenters. The third kappa shape index (κ3) is 11.0.